The molecule has 0 saturated heterocycles. The third-order valence-electron chi connectivity index (χ3n) is 2.75. The normalized spacial score (nSPS) is 11.2. The summed E-state index contributed by atoms with van der Waals surface area (Å²) in [4.78, 5) is 7.30. The number of thiazole rings is 1. The minimum absolute atomic E-state index is 0.285. The molecule has 0 aliphatic carbocycles. The molecule has 3 rings (SSSR count). The molecule has 2 heterocycles. The molecule has 92 valence electrons. The first kappa shape index (κ1) is 11.6. The fraction of sp³-hybridized carbons (Fsp3) is 0.167. The first-order chi connectivity index (χ1) is 8.65. The Kier molecular flexibility index (Phi) is 2.76. The lowest BCUT2D eigenvalue weighted by atomic mass is 10.3. The van der Waals surface area contributed by atoms with Crippen molar-refractivity contribution in [3.8, 4) is 0 Å². The molecule has 0 radical (unpaired) electrons. The van der Waals surface area contributed by atoms with Crippen LogP contribution in [0.15, 0.2) is 23.6 Å². The maximum absolute atomic E-state index is 13.6. The van der Waals surface area contributed by atoms with Crippen LogP contribution in [0.2, 0.25) is 0 Å². The van der Waals surface area contributed by atoms with Crippen LogP contribution in [-0.2, 0) is 6.54 Å². The molecule has 0 atom stereocenters. The highest BCUT2D eigenvalue weighted by molar-refractivity contribution is 7.71. The first-order valence-corrected chi connectivity index (χ1v) is 6.72. The highest BCUT2D eigenvalue weighted by atomic mass is 32.1. The van der Waals surface area contributed by atoms with Gasteiger partial charge < -0.3 is 9.55 Å². The topological polar surface area (TPSA) is 33.6 Å². The van der Waals surface area contributed by atoms with Gasteiger partial charge in [-0.2, -0.15) is 0 Å². The van der Waals surface area contributed by atoms with Crippen molar-refractivity contribution in [3.05, 3.63) is 44.9 Å². The number of para-hydroxylation sites is 1. The summed E-state index contributed by atoms with van der Waals surface area (Å²) in [6.07, 6.45) is 0. The number of H-pyrrole nitrogens is 1. The van der Waals surface area contributed by atoms with Crippen LogP contribution in [0.3, 0.4) is 0 Å². The van der Waals surface area contributed by atoms with Gasteiger partial charge in [0.05, 0.1) is 22.8 Å². The van der Waals surface area contributed by atoms with Crippen molar-refractivity contribution >= 4 is 34.6 Å². The Labute approximate surface area is 112 Å². The number of halogens is 1. The van der Waals surface area contributed by atoms with Crippen LogP contribution in [0.4, 0.5) is 4.39 Å². The Morgan fingerprint density at radius 1 is 1.50 bits per heavy atom. The zero-order valence-corrected chi connectivity index (χ0v) is 11.2. The zero-order chi connectivity index (χ0) is 12.7. The van der Waals surface area contributed by atoms with Crippen molar-refractivity contribution in [2.24, 2.45) is 0 Å². The average molecular weight is 279 g/mol. The molecule has 3 nitrogen and oxygen atoms in total. The lowest BCUT2D eigenvalue weighted by Gasteiger charge is -2.01. The van der Waals surface area contributed by atoms with Crippen LogP contribution in [0.5, 0.6) is 0 Å². The first-order valence-electron chi connectivity index (χ1n) is 5.43. The number of hydrogen-bond donors (Lipinski definition) is 1. The summed E-state index contributed by atoms with van der Waals surface area (Å²) >= 11 is 6.83. The van der Waals surface area contributed by atoms with Crippen LogP contribution in [0.1, 0.15) is 10.7 Å². The quantitative estimate of drug-likeness (QED) is 0.726. The highest BCUT2D eigenvalue weighted by Gasteiger charge is 2.09. The predicted molar refractivity (Wildman–Crippen MR) is 73.0 cm³/mol. The molecular formula is C12H10FN3S2. The summed E-state index contributed by atoms with van der Waals surface area (Å²) in [5, 5.41) is 3.01. The minimum atomic E-state index is -0.285. The van der Waals surface area contributed by atoms with Crippen molar-refractivity contribution in [2.45, 2.75) is 13.5 Å². The molecule has 1 aromatic carbocycles. The standard InChI is InChI=1S/C12H10FN3S2/c1-7-14-8(6-18-7)5-16-10-4-2-3-9(13)11(10)15-12(16)17/h2-4,6H,5H2,1H3,(H,15,17). The number of aryl methyl sites for hydroxylation is 1. The van der Waals surface area contributed by atoms with Crippen LogP contribution in [0, 0.1) is 17.5 Å². The molecule has 0 unspecified atom stereocenters. The minimum Gasteiger partial charge on any atom is -0.328 e. The molecule has 0 fully saturated rings. The second-order valence-electron chi connectivity index (χ2n) is 4.01. The maximum Gasteiger partial charge on any atom is 0.178 e. The van der Waals surface area contributed by atoms with E-state index in [4.69, 9.17) is 12.2 Å². The Morgan fingerprint density at radius 3 is 3.06 bits per heavy atom. The van der Waals surface area contributed by atoms with Crippen molar-refractivity contribution in [3.63, 3.8) is 0 Å². The van der Waals surface area contributed by atoms with E-state index in [1.807, 2.05) is 22.9 Å². The van der Waals surface area contributed by atoms with Gasteiger partial charge in [-0.05, 0) is 31.3 Å². The Hall–Kier alpha value is -1.53. The summed E-state index contributed by atoms with van der Waals surface area (Å²) in [5.41, 5.74) is 2.17. The van der Waals surface area contributed by atoms with Crippen molar-refractivity contribution < 1.29 is 4.39 Å². The second-order valence-corrected chi connectivity index (χ2v) is 5.46. The third-order valence-corrected chi connectivity index (χ3v) is 3.89. The van der Waals surface area contributed by atoms with Crippen LogP contribution in [0.25, 0.3) is 11.0 Å². The smallest absolute Gasteiger partial charge is 0.178 e. The predicted octanol–water partition coefficient (Wildman–Crippen LogP) is 3.65. The number of fused-ring (bicyclic) bond motifs is 1. The van der Waals surface area contributed by atoms with Gasteiger partial charge in [0.2, 0.25) is 0 Å². The van der Waals surface area contributed by atoms with Gasteiger partial charge in [-0.3, -0.25) is 0 Å². The van der Waals surface area contributed by atoms with E-state index in [9.17, 15) is 4.39 Å². The molecule has 18 heavy (non-hydrogen) atoms. The van der Waals surface area contributed by atoms with Gasteiger partial charge >= 0.3 is 0 Å². The summed E-state index contributed by atoms with van der Waals surface area (Å²) < 4.78 is 16.0. The van der Waals surface area contributed by atoms with Gasteiger partial charge in [-0.25, -0.2) is 9.37 Å². The number of benzene rings is 1. The van der Waals surface area contributed by atoms with Crippen molar-refractivity contribution in [1.29, 1.82) is 0 Å². The molecule has 6 heteroatoms. The Balaban J connectivity index is 2.14. The van der Waals surface area contributed by atoms with E-state index in [-0.39, 0.29) is 5.82 Å². The Morgan fingerprint density at radius 2 is 2.33 bits per heavy atom. The highest BCUT2D eigenvalue weighted by Crippen LogP contribution is 2.19. The number of rotatable bonds is 2. The number of hydrogen-bond acceptors (Lipinski definition) is 3. The molecular weight excluding hydrogens is 269 g/mol. The molecule has 1 N–H and O–H groups in total. The SMILES string of the molecule is Cc1nc(Cn2c(=S)[nH]c3c(F)cccc32)cs1. The van der Waals surface area contributed by atoms with E-state index in [1.165, 1.54) is 6.07 Å². The molecule has 3 aromatic rings. The zero-order valence-electron chi connectivity index (χ0n) is 9.61. The fourth-order valence-electron chi connectivity index (χ4n) is 1.95. The molecule has 0 aliphatic heterocycles. The summed E-state index contributed by atoms with van der Waals surface area (Å²) in [5.74, 6) is -0.285. The van der Waals surface area contributed by atoms with Gasteiger partial charge in [-0.1, -0.05) is 6.07 Å². The van der Waals surface area contributed by atoms with Crippen molar-refractivity contribution in [2.75, 3.05) is 0 Å². The number of nitrogens with zero attached hydrogens (tertiary/aromatic N) is 2. The number of aromatic amines is 1. The summed E-state index contributed by atoms with van der Waals surface area (Å²) in [6, 6.07) is 4.96. The van der Waals surface area contributed by atoms with Gasteiger partial charge in [0, 0.05) is 5.38 Å². The van der Waals surface area contributed by atoms with Crippen LogP contribution >= 0.6 is 23.6 Å². The van der Waals surface area contributed by atoms with Crippen molar-refractivity contribution in [1.82, 2.24) is 14.5 Å². The van der Waals surface area contributed by atoms with Crippen LogP contribution in [-0.4, -0.2) is 14.5 Å². The largest absolute Gasteiger partial charge is 0.328 e. The molecule has 0 amide bonds. The number of aromatic nitrogens is 3. The number of nitrogens with one attached hydrogen (secondary N) is 1. The summed E-state index contributed by atoms with van der Waals surface area (Å²) in [6.45, 7) is 2.52. The monoisotopic (exact) mass is 279 g/mol. The molecule has 0 saturated carbocycles. The third kappa shape index (κ3) is 1.87. The van der Waals surface area contributed by atoms with Crippen LogP contribution < -0.4 is 0 Å². The van der Waals surface area contributed by atoms with E-state index < -0.39 is 0 Å². The summed E-state index contributed by atoms with van der Waals surface area (Å²) in [7, 11) is 0. The van der Waals surface area contributed by atoms with E-state index in [0.29, 0.717) is 16.8 Å². The van der Waals surface area contributed by atoms with Gasteiger partial charge in [0.1, 0.15) is 11.3 Å². The fourth-order valence-corrected chi connectivity index (χ4v) is 2.81. The maximum atomic E-state index is 13.6. The van der Waals surface area contributed by atoms with E-state index in [2.05, 4.69) is 9.97 Å². The average Bonchev–Trinajstić information content (AvgIpc) is 2.87. The number of imidazole rings is 1. The lowest BCUT2D eigenvalue weighted by molar-refractivity contribution is 0.637. The molecule has 0 aliphatic rings. The molecule has 0 bridgehead atoms. The van der Waals surface area contributed by atoms with E-state index >= 15 is 0 Å². The molecule has 0 spiro atoms. The Bertz CT molecular complexity index is 769. The van der Waals surface area contributed by atoms with Gasteiger partial charge in [0.15, 0.2) is 4.77 Å². The lowest BCUT2D eigenvalue weighted by Crippen LogP contribution is -2.00. The van der Waals surface area contributed by atoms with E-state index in [1.54, 1.807) is 17.4 Å². The van der Waals surface area contributed by atoms with Gasteiger partial charge in [0.25, 0.3) is 0 Å². The van der Waals surface area contributed by atoms with E-state index in [0.717, 1.165) is 16.2 Å². The molecule has 2 aromatic heterocycles. The second kappa shape index (κ2) is 4.29. The van der Waals surface area contributed by atoms with Gasteiger partial charge in [-0.15, -0.1) is 11.3 Å².